The standard InChI is InChI=1S/C26H45O5.2C2H5.Au/c1-4-6-7-8-9-10-11-12-13-14-15-16-17-18-19-20-25(27)30-22-24(3)23-31-26(28)29-21-5-2;2*1-2;/h9-10,12-13,24H,2,4-8,11,14-23H2,1,3H3;2*1H2,2H3;/q3*-1;+3/b10-9-,13-12-;;;. The molecule has 0 rings (SSSR count). The van der Waals surface area contributed by atoms with Crippen molar-refractivity contribution in [3.8, 4) is 0 Å². The molecule has 0 N–H and O–H groups in total. The van der Waals surface area contributed by atoms with Crippen molar-refractivity contribution in [3.05, 3.63) is 45.1 Å². The monoisotopic (exact) mass is 692 g/mol. The number of rotatable bonds is 20. The van der Waals surface area contributed by atoms with Gasteiger partial charge < -0.3 is 35.0 Å². The molecule has 216 valence electrons. The minimum atomic E-state index is -0.702. The minimum Gasteiger partial charge on any atom is -0.465 e. The third-order valence-corrected chi connectivity index (χ3v) is 4.71. The van der Waals surface area contributed by atoms with Gasteiger partial charge in [0.15, 0.2) is 0 Å². The summed E-state index contributed by atoms with van der Waals surface area (Å²) < 4.78 is 14.9. The van der Waals surface area contributed by atoms with Crippen LogP contribution in [-0.2, 0) is 41.4 Å². The first-order valence-electron chi connectivity index (χ1n) is 13.6. The number of hydrogen-bond acceptors (Lipinski definition) is 5. The summed E-state index contributed by atoms with van der Waals surface area (Å²) in [5.41, 5.74) is 0. The summed E-state index contributed by atoms with van der Waals surface area (Å²) in [6.45, 7) is 18.3. The fourth-order valence-corrected chi connectivity index (χ4v) is 2.84. The van der Waals surface area contributed by atoms with Crippen LogP contribution in [0.2, 0.25) is 0 Å². The zero-order valence-corrected chi connectivity index (χ0v) is 25.8. The predicted octanol–water partition coefficient (Wildman–Crippen LogP) is 9.03. The van der Waals surface area contributed by atoms with E-state index < -0.39 is 6.16 Å². The van der Waals surface area contributed by atoms with Gasteiger partial charge in [-0.15, -0.1) is 6.42 Å². The Morgan fingerprint density at radius 1 is 0.750 bits per heavy atom. The van der Waals surface area contributed by atoms with Crippen molar-refractivity contribution in [1.29, 1.82) is 0 Å². The number of ether oxygens (including phenoxy) is 3. The maximum Gasteiger partial charge on any atom is 3.00 e. The Bertz CT molecular complexity index is 492. The van der Waals surface area contributed by atoms with Gasteiger partial charge in [0, 0.05) is 12.3 Å². The quantitative estimate of drug-likeness (QED) is 0.0419. The zero-order valence-electron chi connectivity index (χ0n) is 23.7. The Balaban J connectivity index is -0.000000969. The second-order valence-corrected chi connectivity index (χ2v) is 8.03. The van der Waals surface area contributed by atoms with Crippen molar-refractivity contribution in [1.82, 2.24) is 0 Å². The first-order valence-corrected chi connectivity index (χ1v) is 13.6. The van der Waals surface area contributed by atoms with Gasteiger partial charge in [-0.2, -0.15) is 13.8 Å². The van der Waals surface area contributed by atoms with Crippen LogP contribution in [0, 0.1) is 26.7 Å². The topological polar surface area (TPSA) is 61.8 Å². The van der Waals surface area contributed by atoms with E-state index in [-0.39, 0.29) is 54.1 Å². The summed E-state index contributed by atoms with van der Waals surface area (Å²) in [5, 5.41) is 0. The number of carbonyl (C=O) groups excluding carboxylic acids is 2. The van der Waals surface area contributed by atoms with E-state index in [1.807, 2.05) is 6.92 Å². The second-order valence-electron chi connectivity index (χ2n) is 8.03. The normalized spacial score (nSPS) is 11.0. The molecule has 0 amide bonds. The molecule has 0 aromatic heterocycles. The Hall–Kier alpha value is -1.04. The predicted molar refractivity (Wildman–Crippen MR) is 149 cm³/mol. The minimum absolute atomic E-state index is 0. The van der Waals surface area contributed by atoms with Crippen molar-refractivity contribution >= 4 is 12.1 Å². The Morgan fingerprint density at radius 2 is 1.28 bits per heavy atom. The van der Waals surface area contributed by atoms with Gasteiger partial charge in [0.1, 0.15) is 6.61 Å². The molecule has 0 fully saturated rings. The van der Waals surface area contributed by atoms with Crippen molar-refractivity contribution in [2.24, 2.45) is 5.92 Å². The van der Waals surface area contributed by atoms with Crippen LogP contribution in [0.5, 0.6) is 0 Å². The molecule has 0 aliphatic heterocycles. The third kappa shape index (κ3) is 37.5. The summed E-state index contributed by atoms with van der Waals surface area (Å²) >= 11 is 0. The molecular weight excluding hydrogens is 637 g/mol. The molecule has 36 heavy (non-hydrogen) atoms. The van der Waals surface area contributed by atoms with E-state index in [2.05, 4.69) is 52.0 Å². The molecule has 1 unspecified atom stereocenters. The first-order chi connectivity index (χ1) is 17.1. The molecule has 0 aromatic carbocycles. The van der Waals surface area contributed by atoms with Crippen LogP contribution >= 0.6 is 0 Å². The molecule has 6 heteroatoms. The van der Waals surface area contributed by atoms with Crippen LogP contribution in [0.15, 0.2) is 24.3 Å². The van der Waals surface area contributed by atoms with E-state index in [1.165, 1.54) is 38.5 Å². The van der Waals surface area contributed by atoms with Gasteiger partial charge in [-0.1, -0.05) is 70.3 Å². The number of allylic oxidation sites excluding steroid dienone is 4. The molecule has 0 saturated heterocycles. The summed E-state index contributed by atoms with van der Waals surface area (Å²) in [4.78, 5) is 23.0. The van der Waals surface area contributed by atoms with Gasteiger partial charge in [0.25, 0.3) is 0 Å². The average Bonchev–Trinajstić information content (AvgIpc) is 2.89. The molecule has 1 atom stereocenters. The smallest absolute Gasteiger partial charge is 0.465 e. The Kier molecular flexibility index (Phi) is 45.0. The van der Waals surface area contributed by atoms with E-state index in [1.54, 1.807) is 13.8 Å². The molecule has 0 radical (unpaired) electrons. The van der Waals surface area contributed by atoms with Crippen LogP contribution in [0.25, 0.3) is 0 Å². The van der Waals surface area contributed by atoms with Gasteiger partial charge in [-0.05, 0) is 38.5 Å². The van der Waals surface area contributed by atoms with Crippen LogP contribution < -0.4 is 0 Å². The van der Waals surface area contributed by atoms with Crippen molar-refractivity contribution in [2.45, 2.75) is 111 Å². The second kappa shape index (κ2) is 38.5. The van der Waals surface area contributed by atoms with Crippen LogP contribution in [0.3, 0.4) is 0 Å². The molecule has 0 aliphatic rings. The van der Waals surface area contributed by atoms with Gasteiger partial charge in [0.2, 0.25) is 0 Å². The summed E-state index contributed by atoms with van der Waals surface area (Å²) in [6, 6.07) is 0. The van der Waals surface area contributed by atoms with Crippen LogP contribution in [-0.4, -0.2) is 31.9 Å². The molecule has 0 aliphatic carbocycles. The number of hydrogen-bond donors (Lipinski definition) is 0. The van der Waals surface area contributed by atoms with Crippen LogP contribution in [0.4, 0.5) is 4.79 Å². The largest absolute Gasteiger partial charge is 3.00 e. The van der Waals surface area contributed by atoms with E-state index in [0.29, 0.717) is 12.8 Å². The van der Waals surface area contributed by atoms with Crippen molar-refractivity contribution in [3.63, 3.8) is 0 Å². The van der Waals surface area contributed by atoms with E-state index in [4.69, 9.17) is 14.2 Å². The van der Waals surface area contributed by atoms with Crippen LogP contribution in [0.1, 0.15) is 111 Å². The molecule has 0 spiro atoms. The van der Waals surface area contributed by atoms with Crippen molar-refractivity contribution < 1.29 is 46.2 Å². The van der Waals surface area contributed by atoms with Gasteiger partial charge in [0.05, 0.1) is 13.2 Å². The SMILES string of the molecule is [Au+3].[CH2-]C.[CH2-]C.[CH2-]CCOC(=O)OCC(C)COC(=O)CCCCCCC/C=C\C/C=C\CCCCC. The summed E-state index contributed by atoms with van der Waals surface area (Å²) in [7, 11) is 0. The van der Waals surface area contributed by atoms with Crippen molar-refractivity contribution in [2.75, 3.05) is 19.8 Å². The molecule has 5 nitrogen and oxygen atoms in total. The van der Waals surface area contributed by atoms with E-state index in [0.717, 1.165) is 32.1 Å². The molecule has 0 saturated carbocycles. The molecule has 0 heterocycles. The maximum atomic E-state index is 11.8. The fourth-order valence-electron chi connectivity index (χ4n) is 2.84. The summed E-state index contributed by atoms with van der Waals surface area (Å²) in [6.07, 6.45) is 22.1. The van der Waals surface area contributed by atoms with E-state index >= 15 is 0 Å². The number of esters is 1. The Labute approximate surface area is 239 Å². The molecule has 0 aromatic rings. The first kappa shape index (κ1) is 42.1. The summed E-state index contributed by atoms with van der Waals surface area (Å²) in [5.74, 6) is -0.238. The third-order valence-electron chi connectivity index (χ3n) is 4.71. The molecule has 0 bridgehead atoms. The molecular formula is C30H55AuO5. The van der Waals surface area contributed by atoms with Gasteiger partial charge >= 0.3 is 34.5 Å². The van der Waals surface area contributed by atoms with E-state index in [9.17, 15) is 9.59 Å². The van der Waals surface area contributed by atoms with Gasteiger partial charge in [-0.3, -0.25) is 4.79 Å². The zero-order chi connectivity index (χ0) is 27.0. The van der Waals surface area contributed by atoms with Gasteiger partial charge in [-0.25, -0.2) is 4.79 Å². The number of carbonyl (C=O) groups is 2. The fraction of sp³-hybridized carbons (Fsp3) is 0.700. The number of unbranched alkanes of at least 4 members (excludes halogenated alkanes) is 8. The average molecular weight is 693 g/mol. The maximum absolute atomic E-state index is 11.8. The Morgan fingerprint density at radius 3 is 1.86 bits per heavy atom.